The van der Waals surface area contributed by atoms with E-state index in [4.69, 9.17) is 4.98 Å². The monoisotopic (exact) mass is 728 g/mol. The van der Waals surface area contributed by atoms with E-state index in [1.807, 2.05) is 6.07 Å². The first-order chi connectivity index (χ1) is 23.8. The molecule has 0 unspecified atom stereocenters. The standard InChI is InChI=1S/C35H43F3N8O2S2/c1-22(44-12-14-45(15-13-44)50(3,47)48)20-46-27(19-39)16-29-23(2)25(6-7-31(29)46)21-43-10-8-26(9-11-43)40-33-30-17-28(18-35(36,37)38)49-34(30)42-32(41-33)24-4-5-24/h6-7,16-17,22,24,26H,4-5,8-15,18,20-21H2,1-3H3,(H,40,41,42)/t22-/m0/s1. The number of nitrogens with zero attached hydrogens (tertiary/aromatic N) is 7. The van der Waals surface area contributed by atoms with Crippen LogP contribution in [0.2, 0.25) is 0 Å². The first kappa shape index (κ1) is 35.1. The molecule has 0 radical (unpaired) electrons. The Morgan fingerprint density at radius 3 is 2.40 bits per heavy atom. The normalized spacial score (nSPS) is 19.7. The van der Waals surface area contributed by atoms with Gasteiger partial charge in [0.25, 0.3) is 0 Å². The van der Waals surface area contributed by atoms with E-state index in [2.05, 4.69) is 56.7 Å². The lowest BCUT2D eigenvalue weighted by Crippen LogP contribution is -2.51. The van der Waals surface area contributed by atoms with Crippen LogP contribution in [0.15, 0.2) is 24.3 Å². The minimum atomic E-state index is -4.27. The summed E-state index contributed by atoms with van der Waals surface area (Å²) in [5.74, 6) is 1.69. The number of nitrogens with one attached hydrogen (secondary N) is 1. The second-order valence-electron chi connectivity index (χ2n) is 14.2. The van der Waals surface area contributed by atoms with Crippen LogP contribution in [0.1, 0.15) is 66.0 Å². The zero-order valence-electron chi connectivity index (χ0n) is 28.6. The molecule has 15 heteroatoms. The Balaban J connectivity index is 1.00. The van der Waals surface area contributed by atoms with E-state index < -0.39 is 22.6 Å². The van der Waals surface area contributed by atoms with Gasteiger partial charge in [0, 0.05) is 86.1 Å². The molecule has 2 saturated heterocycles. The van der Waals surface area contributed by atoms with Gasteiger partial charge in [0.05, 0.1) is 18.1 Å². The molecular weight excluding hydrogens is 686 g/mol. The van der Waals surface area contributed by atoms with Gasteiger partial charge in [0.15, 0.2) is 0 Å². The minimum absolute atomic E-state index is 0.134. The van der Waals surface area contributed by atoms with Crippen molar-refractivity contribution in [3.63, 3.8) is 0 Å². The van der Waals surface area contributed by atoms with E-state index in [9.17, 15) is 26.9 Å². The topological polar surface area (TPSA) is 110 Å². The summed E-state index contributed by atoms with van der Waals surface area (Å²) in [6.07, 6.45) is -0.160. The Kier molecular flexibility index (Phi) is 9.61. The Bertz CT molecular complexity index is 2030. The van der Waals surface area contributed by atoms with E-state index in [0.717, 1.165) is 78.9 Å². The number of hydrogen-bond acceptors (Lipinski definition) is 9. The highest BCUT2D eigenvalue weighted by atomic mass is 32.2. The lowest BCUT2D eigenvalue weighted by Gasteiger charge is -2.37. The van der Waals surface area contributed by atoms with Gasteiger partial charge in [0.1, 0.15) is 28.2 Å². The van der Waals surface area contributed by atoms with Crippen LogP contribution in [-0.2, 0) is 29.5 Å². The number of piperidine rings is 1. The molecule has 268 valence electrons. The van der Waals surface area contributed by atoms with Crippen LogP contribution < -0.4 is 5.32 Å². The maximum absolute atomic E-state index is 13.2. The summed E-state index contributed by atoms with van der Waals surface area (Å²) in [7, 11) is -3.20. The van der Waals surface area contributed by atoms with E-state index in [1.54, 1.807) is 6.07 Å². The number of halogens is 3. The fourth-order valence-corrected chi connectivity index (χ4v) is 9.31. The van der Waals surface area contributed by atoms with Gasteiger partial charge in [0.2, 0.25) is 10.0 Å². The van der Waals surface area contributed by atoms with Gasteiger partial charge in [-0.3, -0.25) is 9.80 Å². The molecule has 0 amide bonds. The molecule has 50 heavy (non-hydrogen) atoms. The van der Waals surface area contributed by atoms with Gasteiger partial charge in [-0.25, -0.2) is 18.4 Å². The van der Waals surface area contributed by atoms with Crippen molar-refractivity contribution in [2.24, 2.45) is 0 Å². The quantitative estimate of drug-likeness (QED) is 0.217. The Hall–Kier alpha value is -3.29. The van der Waals surface area contributed by atoms with Crippen LogP contribution in [0, 0.1) is 18.3 Å². The average Bonchev–Trinajstić information content (AvgIpc) is 3.75. The SMILES string of the molecule is Cc1c(CN2CCC(Nc3nc(C4CC4)nc4sc(CC(F)(F)F)cc34)CC2)ccc2c1cc(C#N)n2C[C@H](C)N1CCN(S(C)(=O)=O)CC1. The summed E-state index contributed by atoms with van der Waals surface area (Å²) in [5.41, 5.74) is 4.03. The van der Waals surface area contributed by atoms with E-state index in [-0.39, 0.29) is 17.0 Å². The van der Waals surface area contributed by atoms with E-state index in [1.165, 1.54) is 16.1 Å². The van der Waals surface area contributed by atoms with Crippen LogP contribution in [0.25, 0.3) is 21.1 Å². The molecular formula is C35H43F3N8O2S2. The first-order valence-electron chi connectivity index (χ1n) is 17.3. The van der Waals surface area contributed by atoms with E-state index >= 15 is 0 Å². The molecule has 4 aromatic rings. The predicted octanol–water partition coefficient (Wildman–Crippen LogP) is 5.85. The number of likely N-dealkylation sites (tertiary alicyclic amines) is 1. The molecule has 5 heterocycles. The third-order valence-electron chi connectivity index (χ3n) is 10.5. The number of alkyl halides is 3. The van der Waals surface area contributed by atoms with Crippen LogP contribution in [0.5, 0.6) is 0 Å². The molecule has 1 N–H and O–H groups in total. The summed E-state index contributed by atoms with van der Waals surface area (Å²) in [4.78, 5) is 15.1. The summed E-state index contributed by atoms with van der Waals surface area (Å²) >= 11 is 1.12. The average molecular weight is 729 g/mol. The largest absolute Gasteiger partial charge is 0.393 e. The molecule has 0 bridgehead atoms. The van der Waals surface area contributed by atoms with Crippen molar-refractivity contribution in [2.75, 3.05) is 50.8 Å². The van der Waals surface area contributed by atoms with Crippen molar-refractivity contribution in [1.82, 2.24) is 28.6 Å². The van der Waals surface area contributed by atoms with Crippen molar-refractivity contribution in [3.8, 4) is 6.07 Å². The van der Waals surface area contributed by atoms with Gasteiger partial charge < -0.3 is 9.88 Å². The smallest absolute Gasteiger partial charge is 0.367 e. The number of anilines is 1. The number of nitriles is 1. The van der Waals surface area contributed by atoms with Crippen LogP contribution >= 0.6 is 11.3 Å². The van der Waals surface area contributed by atoms with Gasteiger partial charge in [-0.15, -0.1) is 11.3 Å². The highest BCUT2D eigenvalue weighted by molar-refractivity contribution is 7.88. The molecule has 3 aromatic heterocycles. The molecule has 1 aliphatic carbocycles. The van der Waals surface area contributed by atoms with Crippen molar-refractivity contribution in [2.45, 2.75) is 83.2 Å². The molecule has 3 aliphatic rings. The van der Waals surface area contributed by atoms with Gasteiger partial charge in [-0.2, -0.15) is 22.7 Å². The van der Waals surface area contributed by atoms with Crippen molar-refractivity contribution in [1.29, 1.82) is 5.26 Å². The maximum atomic E-state index is 13.2. The number of aryl methyl sites for hydroxylation is 1. The Labute approximate surface area is 294 Å². The second kappa shape index (κ2) is 13.7. The van der Waals surface area contributed by atoms with Crippen LogP contribution in [0.4, 0.5) is 19.0 Å². The zero-order chi connectivity index (χ0) is 35.4. The molecule has 3 fully saturated rings. The zero-order valence-corrected chi connectivity index (χ0v) is 30.3. The summed E-state index contributed by atoms with van der Waals surface area (Å²) in [6.45, 7) is 9.70. The van der Waals surface area contributed by atoms with Crippen molar-refractivity contribution >= 4 is 48.3 Å². The fraction of sp³-hybridized carbons (Fsp3) is 0.571. The number of aromatic nitrogens is 3. The first-order valence-corrected chi connectivity index (χ1v) is 20.0. The molecule has 1 saturated carbocycles. The van der Waals surface area contributed by atoms with Crippen LogP contribution in [0.3, 0.4) is 0 Å². The van der Waals surface area contributed by atoms with Gasteiger partial charge >= 0.3 is 6.18 Å². The van der Waals surface area contributed by atoms with Crippen molar-refractivity contribution < 1.29 is 21.6 Å². The maximum Gasteiger partial charge on any atom is 0.393 e. The van der Waals surface area contributed by atoms with Crippen LogP contribution in [-0.4, -0.2) is 101 Å². The number of hydrogen-bond donors (Lipinski definition) is 1. The second-order valence-corrected chi connectivity index (χ2v) is 17.3. The number of fused-ring (bicyclic) bond motifs is 2. The number of piperazine rings is 1. The molecule has 1 atom stereocenters. The molecule has 0 spiro atoms. The van der Waals surface area contributed by atoms with Crippen molar-refractivity contribution in [3.05, 3.63) is 51.8 Å². The minimum Gasteiger partial charge on any atom is -0.367 e. The third-order valence-corrected chi connectivity index (χ3v) is 12.8. The highest BCUT2D eigenvalue weighted by Gasteiger charge is 2.32. The molecule has 2 aliphatic heterocycles. The number of thiophene rings is 1. The fourth-order valence-electron chi connectivity index (χ4n) is 7.41. The van der Waals surface area contributed by atoms with Gasteiger partial charge in [-0.05, 0) is 68.9 Å². The summed E-state index contributed by atoms with van der Waals surface area (Å²) in [6, 6.07) is 10.6. The summed E-state index contributed by atoms with van der Waals surface area (Å²) < 4.78 is 67.0. The summed E-state index contributed by atoms with van der Waals surface area (Å²) in [5, 5.41) is 15.4. The number of rotatable bonds is 10. The molecule has 7 rings (SSSR count). The molecule has 10 nitrogen and oxygen atoms in total. The van der Waals surface area contributed by atoms with E-state index in [0.29, 0.717) is 60.4 Å². The third kappa shape index (κ3) is 7.64. The molecule has 1 aromatic carbocycles. The Morgan fingerprint density at radius 2 is 1.76 bits per heavy atom. The highest BCUT2D eigenvalue weighted by Crippen LogP contribution is 2.41. The van der Waals surface area contributed by atoms with Gasteiger partial charge in [-0.1, -0.05) is 6.07 Å². The lowest BCUT2D eigenvalue weighted by atomic mass is 10.0. The Morgan fingerprint density at radius 1 is 1.04 bits per heavy atom. The lowest BCUT2D eigenvalue weighted by molar-refractivity contribution is -0.126. The number of sulfonamides is 1. The predicted molar refractivity (Wildman–Crippen MR) is 190 cm³/mol. The number of benzene rings is 1.